The number of amides is 1. The number of rotatable bonds is 4. The molecule has 0 bridgehead atoms. The van der Waals surface area contributed by atoms with Crippen LogP contribution < -0.4 is 5.43 Å². The average molecular weight is 294 g/mol. The Labute approximate surface area is 129 Å². The fraction of sp³-hybridized carbons (Fsp3) is 0.235. The van der Waals surface area contributed by atoms with Crippen LogP contribution in [-0.2, 0) is 4.79 Å². The van der Waals surface area contributed by atoms with E-state index in [-0.39, 0.29) is 6.42 Å². The molecule has 0 saturated heterocycles. The van der Waals surface area contributed by atoms with Gasteiger partial charge in [0, 0.05) is 22.6 Å². The van der Waals surface area contributed by atoms with Crippen LogP contribution in [-0.4, -0.2) is 16.7 Å². The first-order chi connectivity index (χ1) is 10.5. The van der Waals surface area contributed by atoms with Crippen molar-refractivity contribution in [3.8, 4) is 11.8 Å². The van der Waals surface area contributed by atoms with Crippen molar-refractivity contribution in [2.45, 2.75) is 27.2 Å². The topological polar surface area (TPSA) is 70.2 Å². The second-order valence-corrected chi connectivity index (χ2v) is 5.08. The smallest absolute Gasteiger partial charge is 0.254 e. The van der Waals surface area contributed by atoms with Gasteiger partial charge in [0.15, 0.2) is 0 Å². The first kappa shape index (κ1) is 15.5. The molecule has 1 heterocycles. The standard InChI is InChI=1S/C17H18N4O/c1-12-6-4-5-7-16(12)21-13(2)10-15(14(21)3)11-19-20-17(22)8-9-18/h4-7,10-11H,8H2,1-3H3,(H,20,22)/b19-11-. The summed E-state index contributed by atoms with van der Waals surface area (Å²) in [5, 5.41) is 12.3. The van der Waals surface area contributed by atoms with Crippen molar-refractivity contribution in [2.24, 2.45) is 5.10 Å². The number of aryl methyl sites for hydroxylation is 2. The molecule has 0 atom stereocenters. The molecule has 1 amide bonds. The Bertz CT molecular complexity index is 765. The van der Waals surface area contributed by atoms with Crippen molar-refractivity contribution in [1.29, 1.82) is 5.26 Å². The van der Waals surface area contributed by atoms with Gasteiger partial charge in [0.2, 0.25) is 0 Å². The highest BCUT2D eigenvalue weighted by molar-refractivity contribution is 5.84. The summed E-state index contributed by atoms with van der Waals surface area (Å²) >= 11 is 0. The lowest BCUT2D eigenvalue weighted by Gasteiger charge is -2.12. The molecule has 0 unspecified atom stereocenters. The van der Waals surface area contributed by atoms with E-state index in [4.69, 9.17) is 5.26 Å². The third-order valence-corrected chi connectivity index (χ3v) is 3.46. The molecule has 1 aromatic carbocycles. The largest absolute Gasteiger partial charge is 0.318 e. The summed E-state index contributed by atoms with van der Waals surface area (Å²) in [5.41, 5.74) is 7.73. The molecule has 0 aliphatic heterocycles. The first-order valence-electron chi connectivity index (χ1n) is 6.98. The number of hydrogen-bond donors (Lipinski definition) is 1. The van der Waals surface area contributed by atoms with Gasteiger partial charge >= 0.3 is 0 Å². The number of benzene rings is 1. The lowest BCUT2D eigenvalue weighted by atomic mass is 10.2. The molecule has 1 N–H and O–H groups in total. The monoisotopic (exact) mass is 294 g/mol. The summed E-state index contributed by atoms with van der Waals surface area (Å²) in [7, 11) is 0. The zero-order valence-electron chi connectivity index (χ0n) is 12.9. The van der Waals surface area contributed by atoms with E-state index < -0.39 is 5.91 Å². The molecule has 2 aromatic rings. The van der Waals surface area contributed by atoms with Gasteiger partial charge in [-0.2, -0.15) is 10.4 Å². The van der Waals surface area contributed by atoms with Crippen molar-refractivity contribution < 1.29 is 4.79 Å². The molecule has 22 heavy (non-hydrogen) atoms. The van der Waals surface area contributed by atoms with Crippen molar-refractivity contribution in [3.05, 3.63) is 52.8 Å². The fourth-order valence-electron chi connectivity index (χ4n) is 2.39. The maximum atomic E-state index is 11.2. The van der Waals surface area contributed by atoms with Gasteiger partial charge < -0.3 is 4.57 Å². The van der Waals surface area contributed by atoms with Crippen molar-refractivity contribution in [2.75, 3.05) is 0 Å². The number of nitrogens with one attached hydrogen (secondary N) is 1. The van der Waals surface area contributed by atoms with Crippen LogP contribution in [0.15, 0.2) is 35.4 Å². The van der Waals surface area contributed by atoms with Crippen molar-refractivity contribution in [1.82, 2.24) is 9.99 Å². The molecular formula is C17H18N4O. The Hall–Kier alpha value is -2.87. The maximum Gasteiger partial charge on any atom is 0.254 e. The second kappa shape index (κ2) is 6.72. The molecule has 2 rings (SSSR count). The molecular weight excluding hydrogens is 276 g/mol. The minimum atomic E-state index is -0.411. The first-order valence-corrected chi connectivity index (χ1v) is 6.98. The zero-order chi connectivity index (χ0) is 16.1. The summed E-state index contributed by atoms with van der Waals surface area (Å²) in [6, 6.07) is 12.0. The predicted molar refractivity (Wildman–Crippen MR) is 85.9 cm³/mol. The quantitative estimate of drug-likeness (QED) is 0.695. The molecule has 0 radical (unpaired) electrons. The van der Waals surface area contributed by atoms with E-state index in [1.165, 1.54) is 5.56 Å². The number of para-hydroxylation sites is 1. The molecule has 1 aromatic heterocycles. The Morgan fingerprint density at radius 2 is 2.09 bits per heavy atom. The van der Waals surface area contributed by atoms with Crippen LogP contribution >= 0.6 is 0 Å². The van der Waals surface area contributed by atoms with E-state index >= 15 is 0 Å². The Morgan fingerprint density at radius 1 is 1.36 bits per heavy atom. The summed E-state index contributed by atoms with van der Waals surface area (Å²) in [6.45, 7) is 6.12. The molecule has 0 aliphatic carbocycles. The van der Waals surface area contributed by atoms with Gasteiger partial charge in [-0.1, -0.05) is 18.2 Å². The van der Waals surface area contributed by atoms with E-state index in [9.17, 15) is 4.79 Å². The summed E-state index contributed by atoms with van der Waals surface area (Å²) in [5.74, 6) is -0.411. The highest BCUT2D eigenvalue weighted by atomic mass is 16.2. The number of carbonyl (C=O) groups is 1. The molecule has 0 fully saturated rings. The van der Waals surface area contributed by atoms with E-state index in [1.54, 1.807) is 12.3 Å². The highest BCUT2D eigenvalue weighted by Crippen LogP contribution is 2.22. The predicted octanol–water partition coefficient (Wildman–Crippen LogP) is 2.77. The van der Waals surface area contributed by atoms with Gasteiger partial charge in [-0.25, -0.2) is 5.43 Å². The van der Waals surface area contributed by atoms with Crippen LogP contribution in [0.25, 0.3) is 5.69 Å². The summed E-state index contributed by atoms with van der Waals surface area (Å²) < 4.78 is 2.16. The second-order valence-electron chi connectivity index (χ2n) is 5.08. The molecule has 112 valence electrons. The number of nitriles is 1. The molecule has 5 nitrogen and oxygen atoms in total. The minimum Gasteiger partial charge on any atom is -0.318 e. The van der Waals surface area contributed by atoms with Gasteiger partial charge in [-0.05, 0) is 38.5 Å². The summed E-state index contributed by atoms with van der Waals surface area (Å²) in [6.07, 6.45) is 1.41. The number of aromatic nitrogens is 1. The lowest BCUT2D eigenvalue weighted by molar-refractivity contribution is -0.120. The Kier molecular flexibility index (Phi) is 4.74. The molecule has 0 spiro atoms. The van der Waals surface area contributed by atoms with Crippen molar-refractivity contribution in [3.63, 3.8) is 0 Å². The number of nitrogens with zero attached hydrogens (tertiary/aromatic N) is 3. The Morgan fingerprint density at radius 3 is 2.77 bits per heavy atom. The van der Waals surface area contributed by atoms with E-state index in [0.29, 0.717) is 0 Å². The number of carbonyl (C=O) groups excluding carboxylic acids is 1. The number of hydrogen-bond acceptors (Lipinski definition) is 3. The van der Waals surface area contributed by atoms with Gasteiger partial charge in [0.25, 0.3) is 5.91 Å². The maximum absolute atomic E-state index is 11.2. The van der Waals surface area contributed by atoms with E-state index in [0.717, 1.165) is 22.6 Å². The van der Waals surface area contributed by atoms with Crippen LogP contribution in [0, 0.1) is 32.1 Å². The third kappa shape index (κ3) is 3.23. The third-order valence-electron chi connectivity index (χ3n) is 3.46. The minimum absolute atomic E-state index is 0.195. The van der Waals surface area contributed by atoms with Crippen LogP contribution in [0.1, 0.15) is 28.9 Å². The van der Waals surface area contributed by atoms with Crippen LogP contribution in [0.5, 0.6) is 0 Å². The normalized spacial score (nSPS) is 10.6. The Balaban J connectivity index is 2.29. The highest BCUT2D eigenvalue weighted by Gasteiger charge is 2.10. The zero-order valence-corrected chi connectivity index (χ0v) is 12.9. The number of hydrazone groups is 1. The molecule has 0 aliphatic rings. The van der Waals surface area contributed by atoms with E-state index in [2.05, 4.69) is 34.2 Å². The SMILES string of the molecule is Cc1ccccc1-n1c(C)cc(/C=N\NC(=O)CC#N)c1C. The van der Waals surface area contributed by atoms with Crippen LogP contribution in [0.3, 0.4) is 0 Å². The van der Waals surface area contributed by atoms with Gasteiger partial charge in [0.05, 0.1) is 12.3 Å². The fourth-order valence-corrected chi connectivity index (χ4v) is 2.39. The molecule has 0 saturated carbocycles. The molecule has 5 heteroatoms. The van der Waals surface area contributed by atoms with Crippen LogP contribution in [0.2, 0.25) is 0 Å². The van der Waals surface area contributed by atoms with Gasteiger partial charge in [-0.15, -0.1) is 0 Å². The average Bonchev–Trinajstić information content (AvgIpc) is 2.75. The van der Waals surface area contributed by atoms with Crippen LogP contribution in [0.4, 0.5) is 0 Å². The lowest BCUT2D eigenvalue weighted by Crippen LogP contribution is -2.16. The summed E-state index contributed by atoms with van der Waals surface area (Å²) in [4.78, 5) is 11.2. The van der Waals surface area contributed by atoms with Crippen molar-refractivity contribution >= 4 is 12.1 Å². The van der Waals surface area contributed by atoms with E-state index in [1.807, 2.05) is 32.0 Å². The van der Waals surface area contributed by atoms with Gasteiger partial charge in [-0.3, -0.25) is 4.79 Å². The van der Waals surface area contributed by atoms with Gasteiger partial charge in [0.1, 0.15) is 6.42 Å².